The van der Waals surface area contributed by atoms with Crippen LogP contribution in [0.5, 0.6) is 0 Å². The number of hydrogen-bond acceptors (Lipinski definition) is 2. The first-order valence-electron chi connectivity index (χ1n) is 8.89. The second-order valence-corrected chi connectivity index (χ2v) is 7.18. The van der Waals surface area contributed by atoms with E-state index in [1.54, 1.807) is 0 Å². The highest BCUT2D eigenvalue weighted by Crippen LogP contribution is 2.45. The Morgan fingerprint density at radius 1 is 1.00 bits per heavy atom. The summed E-state index contributed by atoms with van der Waals surface area (Å²) < 4.78 is 6.19. The molecule has 1 saturated carbocycles. The van der Waals surface area contributed by atoms with Gasteiger partial charge in [-0.1, -0.05) is 50.3 Å². The Hall–Kier alpha value is -1.02. The molecule has 0 bridgehead atoms. The van der Waals surface area contributed by atoms with Crippen LogP contribution in [0, 0.1) is 11.8 Å². The van der Waals surface area contributed by atoms with Crippen LogP contribution < -0.4 is 5.32 Å². The largest absolute Gasteiger partial charge is 0.382 e. The van der Waals surface area contributed by atoms with Crippen LogP contribution in [0.4, 0.5) is 5.69 Å². The van der Waals surface area contributed by atoms with Crippen LogP contribution >= 0.6 is 0 Å². The van der Waals surface area contributed by atoms with Crippen molar-refractivity contribution in [2.45, 2.75) is 63.5 Å². The summed E-state index contributed by atoms with van der Waals surface area (Å²) in [4.78, 5) is 0. The van der Waals surface area contributed by atoms with Gasteiger partial charge in [-0.3, -0.25) is 0 Å². The Kier molecular flexibility index (Phi) is 3.89. The van der Waals surface area contributed by atoms with Crippen molar-refractivity contribution in [1.29, 1.82) is 0 Å². The third-order valence-corrected chi connectivity index (χ3v) is 5.81. The van der Waals surface area contributed by atoms with E-state index in [1.165, 1.54) is 62.6 Å². The van der Waals surface area contributed by atoms with Crippen LogP contribution in [0.2, 0.25) is 0 Å². The zero-order valence-electron chi connectivity index (χ0n) is 12.9. The summed E-state index contributed by atoms with van der Waals surface area (Å²) in [6.45, 7) is 0.936. The van der Waals surface area contributed by atoms with Gasteiger partial charge in [-0.2, -0.15) is 0 Å². The molecule has 2 heteroatoms. The Morgan fingerprint density at radius 3 is 2.76 bits per heavy atom. The van der Waals surface area contributed by atoms with Gasteiger partial charge in [0, 0.05) is 29.8 Å². The summed E-state index contributed by atoms with van der Waals surface area (Å²) in [6, 6.07) is 9.40. The summed E-state index contributed by atoms with van der Waals surface area (Å²) in [5.74, 6) is 1.61. The summed E-state index contributed by atoms with van der Waals surface area (Å²) in [5, 5.41) is 3.86. The Balaban J connectivity index is 1.56. The first kappa shape index (κ1) is 13.6. The van der Waals surface area contributed by atoms with E-state index < -0.39 is 0 Å². The number of hydrogen-bond donors (Lipinski definition) is 1. The number of fused-ring (bicyclic) bond motifs is 3. The zero-order chi connectivity index (χ0) is 14.1. The maximum atomic E-state index is 6.19. The lowest BCUT2D eigenvalue weighted by atomic mass is 9.75. The minimum Gasteiger partial charge on any atom is -0.382 e. The molecule has 1 aromatic rings. The molecule has 0 aromatic heterocycles. The number of ether oxygens (including phenoxy) is 1. The maximum Gasteiger partial charge on any atom is 0.0892 e. The van der Waals surface area contributed by atoms with Crippen LogP contribution in [0.15, 0.2) is 24.3 Å². The molecule has 1 N–H and O–H groups in total. The number of rotatable bonds is 2. The normalized spacial score (nSPS) is 32.9. The molecule has 4 rings (SSSR count). The minimum absolute atomic E-state index is 0.338. The molecular weight excluding hydrogens is 258 g/mol. The molecule has 3 atom stereocenters. The molecule has 0 unspecified atom stereocenters. The van der Waals surface area contributed by atoms with E-state index in [2.05, 4.69) is 29.6 Å². The van der Waals surface area contributed by atoms with E-state index in [1.807, 2.05) is 0 Å². The van der Waals surface area contributed by atoms with Crippen LogP contribution in [-0.2, 0) is 4.74 Å². The van der Waals surface area contributed by atoms with Crippen LogP contribution in [-0.4, -0.2) is 12.6 Å². The summed E-state index contributed by atoms with van der Waals surface area (Å²) in [6.07, 6.45) is 11.5. The van der Waals surface area contributed by atoms with Gasteiger partial charge in [0.25, 0.3) is 0 Å². The lowest BCUT2D eigenvalue weighted by Gasteiger charge is -2.44. The van der Waals surface area contributed by atoms with Crippen molar-refractivity contribution in [2.75, 3.05) is 11.9 Å². The van der Waals surface area contributed by atoms with Crippen LogP contribution in [0.3, 0.4) is 0 Å². The highest BCUT2D eigenvalue weighted by atomic mass is 16.5. The molecule has 2 nitrogen and oxygen atoms in total. The van der Waals surface area contributed by atoms with Gasteiger partial charge in [-0.05, 0) is 31.2 Å². The standard InChI is InChI=1S/C19H27NO/c1-2-7-14(8-3-1)13-18-16-10-6-12-21-19(16)15-9-4-5-11-17(15)20-18/h4-5,9,11,14,16,18-20H,1-3,6-8,10,12-13H2/t16-,18+,19-/m0/s1. The number of para-hydroxylation sites is 1. The zero-order valence-corrected chi connectivity index (χ0v) is 12.9. The third-order valence-electron chi connectivity index (χ3n) is 5.81. The predicted octanol–water partition coefficient (Wildman–Crippen LogP) is 4.92. The molecule has 114 valence electrons. The van der Waals surface area contributed by atoms with E-state index >= 15 is 0 Å². The number of nitrogens with one attached hydrogen (secondary N) is 1. The molecule has 3 aliphatic rings. The second-order valence-electron chi connectivity index (χ2n) is 7.18. The lowest BCUT2D eigenvalue weighted by Crippen LogP contribution is -2.42. The lowest BCUT2D eigenvalue weighted by molar-refractivity contribution is -0.0403. The molecule has 1 aromatic carbocycles. The van der Waals surface area contributed by atoms with Gasteiger partial charge in [0.15, 0.2) is 0 Å². The van der Waals surface area contributed by atoms with E-state index in [-0.39, 0.29) is 0 Å². The fourth-order valence-electron chi connectivity index (χ4n) is 4.74. The SMILES string of the molecule is c1ccc2c(c1)N[C@H](CC1CCCCC1)[C@@H]1CCCO[C@@H]21. The van der Waals surface area contributed by atoms with Crippen molar-refractivity contribution in [2.24, 2.45) is 11.8 Å². The van der Waals surface area contributed by atoms with Crippen molar-refractivity contribution in [3.8, 4) is 0 Å². The fraction of sp³-hybridized carbons (Fsp3) is 0.684. The van der Waals surface area contributed by atoms with Gasteiger partial charge in [0.1, 0.15) is 0 Å². The minimum atomic E-state index is 0.338. The average molecular weight is 285 g/mol. The second kappa shape index (κ2) is 6.00. The van der Waals surface area contributed by atoms with Gasteiger partial charge in [-0.25, -0.2) is 0 Å². The van der Waals surface area contributed by atoms with Gasteiger partial charge in [0.2, 0.25) is 0 Å². The van der Waals surface area contributed by atoms with Crippen molar-refractivity contribution >= 4 is 5.69 Å². The Bertz CT molecular complexity index is 480. The third kappa shape index (κ3) is 2.70. The highest BCUT2D eigenvalue weighted by molar-refractivity contribution is 5.55. The predicted molar refractivity (Wildman–Crippen MR) is 86.5 cm³/mol. The molecule has 1 saturated heterocycles. The van der Waals surface area contributed by atoms with Gasteiger partial charge in [0.05, 0.1) is 6.10 Å². The van der Waals surface area contributed by atoms with Crippen LogP contribution in [0.1, 0.15) is 63.0 Å². The Labute approximate surface area is 128 Å². The average Bonchev–Trinajstić information content (AvgIpc) is 2.56. The van der Waals surface area contributed by atoms with Crippen molar-refractivity contribution in [3.05, 3.63) is 29.8 Å². The van der Waals surface area contributed by atoms with Crippen LogP contribution in [0.25, 0.3) is 0 Å². The van der Waals surface area contributed by atoms with Crippen molar-refractivity contribution in [3.63, 3.8) is 0 Å². The fourth-order valence-corrected chi connectivity index (χ4v) is 4.74. The molecule has 1 aliphatic carbocycles. The van der Waals surface area contributed by atoms with E-state index in [9.17, 15) is 0 Å². The van der Waals surface area contributed by atoms with E-state index in [0.717, 1.165) is 12.5 Å². The molecule has 2 fully saturated rings. The first-order chi connectivity index (χ1) is 10.4. The molecule has 2 heterocycles. The Morgan fingerprint density at radius 2 is 1.86 bits per heavy atom. The maximum absolute atomic E-state index is 6.19. The van der Waals surface area contributed by atoms with Crippen molar-refractivity contribution < 1.29 is 4.74 Å². The molecule has 0 spiro atoms. The van der Waals surface area contributed by atoms with E-state index in [4.69, 9.17) is 4.74 Å². The quantitative estimate of drug-likeness (QED) is 0.833. The molecule has 21 heavy (non-hydrogen) atoms. The monoisotopic (exact) mass is 285 g/mol. The molecule has 0 radical (unpaired) electrons. The first-order valence-corrected chi connectivity index (χ1v) is 8.89. The number of benzene rings is 1. The molecular formula is C19H27NO. The topological polar surface area (TPSA) is 21.3 Å². The van der Waals surface area contributed by atoms with E-state index in [0.29, 0.717) is 18.1 Å². The smallest absolute Gasteiger partial charge is 0.0892 e. The summed E-state index contributed by atoms with van der Waals surface area (Å²) >= 11 is 0. The molecule has 2 aliphatic heterocycles. The van der Waals surface area contributed by atoms with Crippen molar-refractivity contribution in [1.82, 2.24) is 0 Å². The highest BCUT2D eigenvalue weighted by Gasteiger charge is 2.39. The molecule has 0 amide bonds. The summed E-state index contributed by atoms with van der Waals surface area (Å²) in [5.41, 5.74) is 2.71. The van der Waals surface area contributed by atoms with Gasteiger partial charge in [-0.15, -0.1) is 0 Å². The van der Waals surface area contributed by atoms with Gasteiger partial charge < -0.3 is 10.1 Å². The number of anilines is 1. The van der Waals surface area contributed by atoms with Gasteiger partial charge >= 0.3 is 0 Å². The summed E-state index contributed by atoms with van der Waals surface area (Å²) in [7, 11) is 0.